The summed E-state index contributed by atoms with van der Waals surface area (Å²) in [5, 5.41) is 0.0208. The minimum absolute atomic E-state index is 0.0208. The lowest BCUT2D eigenvalue weighted by atomic mass is 10.1. The van der Waals surface area contributed by atoms with Crippen molar-refractivity contribution < 1.29 is 9.28 Å². The van der Waals surface area contributed by atoms with E-state index in [0.717, 1.165) is 12.0 Å². The molecule has 0 fully saturated rings. The van der Waals surface area contributed by atoms with Crippen molar-refractivity contribution in [3.63, 3.8) is 0 Å². The second-order valence-corrected chi connectivity index (χ2v) is 2.41. The van der Waals surface area contributed by atoms with E-state index in [1.165, 1.54) is 0 Å². The van der Waals surface area contributed by atoms with Crippen molar-refractivity contribution in [1.82, 2.24) is 5.12 Å². The molecule has 12 heavy (non-hydrogen) atoms. The second-order valence-electron chi connectivity index (χ2n) is 2.41. The molecule has 0 aliphatic rings. The Morgan fingerprint density at radius 2 is 2.00 bits per heavy atom. The van der Waals surface area contributed by atoms with E-state index in [9.17, 15) is 9.28 Å². The van der Waals surface area contributed by atoms with Crippen LogP contribution in [-0.2, 0) is 11.2 Å². The molecule has 0 heterocycles. The van der Waals surface area contributed by atoms with Gasteiger partial charge in [-0.15, -0.1) is 0 Å². The predicted molar refractivity (Wildman–Crippen MR) is 43.7 cm³/mol. The number of hydrogen-bond donors (Lipinski definition) is 0. The van der Waals surface area contributed by atoms with E-state index in [1.807, 2.05) is 30.3 Å². The van der Waals surface area contributed by atoms with E-state index in [2.05, 4.69) is 0 Å². The van der Waals surface area contributed by atoms with Gasteiger partial charge in [0.05, 0.1) is 6.54 Å². The summed E-state index contributed by atoms with van der Waals surface area (Å²) in [6.45, 7) is 0.0630. The van der Waals surface area contributed by atoms with Crippen molar-refractivity contribution in [3.8, 4) is 0 Å². The standard InChI is InChI=1S/C9H9FNO/c10-11(8-12)7-6-9-4-2-1-3-5-9/h1-5H,6-7H2. The first-order valence-electron chi connectivity index (χ1n) is 3.68. The van der Waals surface area contributed by atoms with Crippen molar-refractivity contribution in [2.24, 2.45) is 0 Å². The first-order chi connectivity index (χ1) is 5.83. The topological polar surface area (TPSA) is 20.3 Å². The van der Waals surface area contributed by atoms with Crippen LogP contribution in [-0.4, -0.2) is 18.1 Å². The lowest BCUT2D eigenvalue weighted by molar-refractivity contribution is 0.116. The molecule has 0 aromatic heterocycles. The molecule has 1 rings (SSSR count). The van der Waals surface area contributed by atoms with Crippen molar-refractivity contribution in [3.05, 3.63) is 35.9 Å². The maximum absolute atomic E-state index is 12.2. The maximum Gasteiger partial charge on any atom is 0.342 e. The molecule has 3 heteroatoms. The molecule has 0 aliphatic carbocycles. The highest BCUT2D eigenvalue weighted by molar-refractivity contribution is 5.45. The van der Waals surface area contributed by atoms with E-state index in [4.69, 9.17) is 0 Å². The van der Waals surface area contributed by atoms with Gasteiger partial charge in [0, 0.05) is 0 Å². The molecule has 1 amide bonds. The molecule has 0 bridgehead atoms. The van der Waals surface area contributed by atoms with Crippen LogP contribution in [0.4, 0.5) is 4.48 Å². The van der Waals surface area contributed by atoms with Gasteiger partial charge in [-0.05, 0) is 12.0 Å². The van der Waals surface area contributed by atoms with Crippen LogP contribution in [0.2, 0.25) is 0 Å². The van der Waals surface area contributed by atoms with Gasteiger partial charge in [0.25, 0.3) is 0 Å². The molecule has 0 saturated heterocycles. The second kappa shape index (κ2) is 4.49. The summed E-state index contributed by atoms with van der Waals surface area (Å²) in [7, 11) is 0. The average Bonchev–Trinajstić information content (AvgIpc) is 2.16. The summed E-state index contributed by atoms with van der Waals surface area (Å²) >= 11 is 0. The van der Waals surface area contributed by atoms with Crippen molar-refractivity contribution in [2.45, 2.75) is 6.42 Å². The average molecular weight is 166 g/mol. The summed E-state index contributed by atoms with van der Waals surface area (Å²) < 4.78 is 12.2. The third-order valence-electron chi connectivity index (χ3n) is 1.54. The number of hydrogen-bond acceptors (Lipinski definition) is 1. The lowest BCUT2D eigenvalue weighted by Crippen LogP contribution is -2.14. The molecule has 1 aromatic rings. The lowest BCUT2D eigenvalue weighted by Gasteiger charge is -2.03. The zero-order chi connectivity index (χ0) is 8.81. The summed E-state index contributed by atoms with van der Waals surface area (Å²) in [6.07, 6.45) is 1.67. The Bertz CT molecular complexity index is 238. The fourth-order valence-corrected chi connectivity index (χ4v) is 0.918. The number of halogens is 1. The smallest absolute Gasteiger partial charge is 0.261 e. The largest absolute Gasteiger partial charge is 0.342 e. The monoisotopic (exact) mass is 166 g/mol. The van der Waals surface area contributed by atoms with Crippen LogP contribution >= 0.6 is 0 Å². The minimum Gasteiger partial charge on any atom is -0.261 e. The Balaban J connectivity index is 2.38. The van der Waals surface area contributed by atoms with Gasteiger partial charge in [-0.1, -0.05) is 34.8 Å². The number of nitrogens with zero attached hydrogens (tertiary/aromatic N) is 1. The number of amides is 1. The molecule has 0 N–H and O–H groups in total. The Morgan fingerprint density at radius 1 is 1.33 bits per heavy atom. The van der Waals surface area contributed by atoms with Crippen LogP contribution in [0.5, 0.6) is 0 Å². The van der Waals surface area contributed by atoms with Crippen LogP contribution < -0.4 is 0 Å². The SMILES string of the molecule is O=[C]N(F)CCc1ccccc1. The molecule has 0 aliphatic heterocycles. The molecular weight excluding hydrogens is 157 g/mol. The van der Waals surface area contributed by atoms with Gasteiger partial charge in [0.15, 0.2) is 0 Å². The highest BCUT2D eigenvalue weighted by Gasteiger charge is 1.99. The third-order valence-corrected chi connectivity index (χ3v) is 1.54. The zero-order valence-electron chi connectivity index (χ0n) is 6.53. The van der Waals surface area contributed by atoms with Crippen LogP contribution in [0.1, 0.15) is 5.56 Å². The molecule has 2 nitrogen and oxygen atoms in total. The summed E-state index contributed by atoms with van der Waals surface area (Å²) in [5.74, 6) is 0. The predicted octanol–water partition coefficient (Wildman–Crippen LogP) is 1.48. The highest BCUT2D eigenvalue weighted by Crippen LogP contribution is 2.00. The number of carbonyl (C=O) groups excluding carboxylic acids is 1. The molecule has 0 saturated carbocycles. The molecule has 63 valence electrons. The van der Waals surface area contributed by atoms with Gasteiger partial charge in [0.2, 0.25) is 0 Å². The van der Waals surface area contributed by atoms with Crippen LogP contribution in [0.3, 0.4) is 0 Å². The fraction of sp³-hybridized carbons (Fsp3) is 0.222. The van der Waals surface area contributed by atoms with Crippen LogP contribution in [0, 0.1) is 0 Å². The van der Waals surface area contributed by atoms with Gasteiger partial charge < -0.3 is 0 Å². The van der Waals surface area contributed by atoms with Crippen LogP contribution in [0.15, 0.2) is 30.3 Å². The van der Waals surface area contributed by atoms with Crippen molar-refractivity contribution in [2.75, 3.05) is 6.54 Å². The Morgan fingerprint density at radius 3 is 2.58 bits per heavy atom. The van der Waals surface area contributed by atoms with E-state index < -0.39 is 0 Å². The Kier molecular flexibility index (Phi) is 3.26. The van der Waals surface area contributed by atoms with E-state index in [1.54, 1.807) is 0 Å². The number of benzene rings is 1. The fourth-order valence-electron chi connectivity index (χ4n) is 0.918. The van der Waals surface area contributed by atoms with Gasteiger partial charge in [-0.25, -0.2) is 0 Å². The van der Waals surface area contributed by atoms with Crippen molar-refractivity contribution >= 4 is 6.41 Å². The van der Waals surface area contributed by atoms with Gasteiger partial charge in [-0.3, -0.25) is 4.79 Å². The first kappa shape index (κ1) is 8.71. The Labute approximate surface area is 70.5 Å². The third kappa shape index (κ3) is 2.70. The summed E-state index contributed by atoms with van der Waals surface area (Å²) in [5.41, 5.74) is 1.01. The van der Waals surface area contributed by atoms with Crippen molar-refractivity contribution in [1.29, 1.82) is 0 Å². The van der Waals surface area contributed by atoms with Gasteiger partial charge >= 0.3 is 6.41 Å². The molecule has 0 atom stereocenters. The molecule has 0 unspecified atom stereocenters. The molecule has 1 radical (unpaired) electrons. The Hall–Kier alpha value is -1.38. The normalized spacial score (nSPS) is 9.42. The minimum atomic E-state index is 0.0208. The number of rotatable bonds is 4. The highest BCUT2D eigenvalue weighted by atomic mass is 19.2. The van der Waals surface area contributed by atoms with Gasteiger partial charge in [0.1, 0.15) is 0 Å². The van der Waals surface area contributed by atoms with Crippen LogP contribution in [0.25, 0.3) is 0 Å². The molecule has 0 spiro atoms. The molecular formula is C9H9FNO. The van der Waals surface area contributed by atoms with E-state index in [0.29, 0.717) is 6.42 Å². The first-order valence-corrected chi connectivity index (χ1v) is 3.68. The quantitative estimate of drug-likeness (QED) is 0.490. The maximum atomic E-state index is 12.2. The van der Waals surface area contributed by atoms with E-state index >= 15 is 0 Å². The van der Waals surface area contributed by atoms with Gasteiger partial charge in [-0.2, -0.15) is 5.12 Å². The van der Waals surface area contributed by atoms with E-state index in [-0.39, 0.29) is 11.7 Å². The molecule has 1 aromatic carbocycles. The zero-order valence-corrected chi connectivity index (χ0v) is 6.53. The summed E-state index contributed by atoms with van der Waals surface area (Å²) in [4.78, 5) is 9.75. The summed E-state index contributed by atoms with van der Waals surface area (Å²) in [6, 6.07) is 9.42.